The van der Waals surface area contributed by atoms with Crippen LogP contribution in [0.5, 0.6) is 0 Å². The molecule has 0 aromatic heterocycles. The first-order valence-electron chi connectivity index (χ1n) is 4.18. The van der Waals surface area contributed by atoms with Gasteiger partial charge in [0.25, 0.3) is 7.48 Å². The van der Waals surface area contributed by atoms with Crippen molar-refractivity contribution in [2.75, 3.05) is 0 Å². The fourth-order valence-corrected chi connectivity index (χ4v) is 1.36. The average Bonchev–Trinajstić information content (AvgIpc) is 2.07. The van der Waals surface area contributed by atoms with E-state index < -0.39 is 0 Å². The van der Waals surface area contributed by atoms with Crippen LogP contribution in [0, 0.1) is 0 Å². The van der Waals surface area contributed by atoms with E-state index in [-0.39, 0.29) is 5.94 Å². The summed E-state index contributed by atoms with van der Waals surface area (Å²) < 4.78 is 5.47. The summed E-state index contributed by atoms with van der Waals surface area (Å²) in [7, 11) is 0.678. The predicted molar refractivity (Wildman–Crippen MR) is 44.5 cm³/mol. The van der Waals surface area contributed by atoms with Gasteiger partial charge in [0, 0.05) is 12.0 Å². The van der Waals surface area contributed by atoms with E-state index in [1.807, 2.05) is 0 Å². The lowest BCUT2D eigenvalue weighted by Crippen LogP contribution is -2.41. The molecule has 0 aromatic rings. The molecule has 3 nitrogen and oxygen atoms in total. The molecule has 62 valence electrons. The lowest BCUT2D eigenvalue weighted by Gasteiger charge is -2.26. The molecule has 4 heteroatoms. The smallest absolute Gasteiger partial charge is 0.297 e. The number of carbonyl (C=O) groups excluding carboxylic acids is 1. The van der Waals surface area contributed by atoms with Crippen molar-refractivity contribution in [2.24, 2.45) is 0 Å². The van der Waals surface area contributed by atoms with Crippen LogP contribution in [0.25, 0.3) is 0 Å². The van der Waals surface area contributed by atoms with Crippen molar-refractivity contribution in [1.29, 1.82) is 0 Å². The molecule has 1 saturated heterocycles. The number of carbonyl (C=O) groups is 1. The minimum atomic E-state index is 0.246. The summed E-state index contributed by atoms with van der Waals surface area (Å²) in [5, 5.41) is 2.72. The second-order valence-corrected chi connectivity index (χ2v) is 2.92. The predicted octanol–water partition coefficient (Wildman–Crippen LogP) is -0.00100. The molecular formula is C7H14BNO2. The highest BCUT2D eigenvalue weighted by Crippen LogP contribution is 2.13. The Balaban J connectivity index is 2.18. The largest absolute Gasteiger partial charge is 0.435 e. The van der Waals surface area contributed by atoms with Crippen molar-refractivity contribution >= 4 is 13.9 Å². The van der Waals surface area contributed by atoms with Crippen molar-refractivity contribution < 1.29 is 9.45 Å². The first-order chi connectivity index (χ1) is 5.36. The number of amides is 1. The fourth-order valence-electron chi connectivity index (χ4n) is 1.36. The summed E-state index contributed by atoms with van der Waals surface area (Å²) in [5.74, 6) is 0.246. The first kappa shape index (κ1) is 8.59. The van der Waals surface area contributed by atoms with Crippen molar-refractivity contribution in [3.63, 3.8) is 0 Å². The minimum absolute atomic E-state index is 0.246. The lowest BCUT2D eigenvalue weighted by atomic mass is 9.79. The van der Waals surface area contributed by atoms with E-state index in [1.54, 1.807) is 0 Å². The SMILES string of the molecule is CCC1CCC(NC=O)BO1. The quantitative estimate of drug-likeness (QED) is 0.460. The number of nitrogens with one attached hydrogen (secondary N) is 1. The van der Waals surface area contributed by atoms with E-state index in [0.717, 1.165) is 25.7 Å². The van der Waals surface area contributed by atoms with Crippen LogP contribution in [0.2, 0.25) is 0 Å². The second kappa shape index (κ2) is 4.39. The highest BCUT2D eigenvalue weighted by molar-refractivity contribution is 6.30. The molecule has 1 rings (SSSR count). The molecule has 11 heavy (non-hydrogen) atoms. The van der Waals surface area contributed by atoms with Crippen molar-refractivity contribution in [3.05, 3.63) is 0 Å². The Morgan fingerprint density at radius 2 is 2.55 bits per heavy atom. The summed E-state index contributed by atoms with van der Waals surface area (Å²) >= 11 is 0. The molecule has 0 bridgehead atoms. The van der Waals surface area contributed by atoms with Crippen LogP contribution in [0.1, 0.15) is 26.2 Å². The molecule has 1 heterocycles. The molecule has 0 aliphatic carbocycles. The average molecular weight is 155 g/mol. The van der Waals surface area contributed by atoms with E-state index in [9.17, 15) is 4.79 Å². The molecule has 1 aliphatic heterocycles. The fraction of sp³-hybridized carbons (Fsp3) is 0.857. The maximum atomic E-state index is 10.1. The summed E-state index contributed by atoms with van der Waals surface area (Å²) in [6.45, 7) is 2.12. The van der Waals surface area contributed by atoms with Gasteiger partial charge in [-0.05, 0) is 19.3 Å². The third kappa shape index (κ3) is 2.54. The van der Waals surface area contributed by atoms with E-state index in [0.29, 0.717) is 13.6 Å². The molecule has 1 amide bonds. The molecule has 0 spiro atoms. The first-order valence-corrected chi connectivity index (χ1v) is 4.18. The second-order valence-electron chi connectivity index (χ2n) is 2.92. The van der Waals surface area contributed by atoms with Crippen LogP contribution in [-0.2, 0) is 9.45 Å². The molecule has 2 unspecified atom stereocenters. The maximum Gasteiger partial charge on any atom is 0.297 e. The Labute approximate surface area is 67.8 Å². The Kier molecular flexibility index (Phi) is 3.43. The standard InChI is InChI=1S/C7H14BNO2/c1-2-6-3-4-7(8-11-6)9-5-10/h5-8H,2-4H2,1H3,(H,9,10). The Hall–Kier alpha value is -0.505. The van der Waals surface area contributed by atoms with E-state index in [2.05, 4.69) is 12.2 Å². The van der Waals surface area contributed by atoms with Gasteiger partial charge in [-0.25, -0.2) is 0 Å². The Bertz CT molecular complexity index is 124. The number of hydrogen-bond acceptors (Lipinski definition) is 2. The van der Waals surface area contributed by atoms with Gasteiger partial charge in [-0.15, -0.1) is 0 Å². The van der Waals surface area contributed by atoms with Gasteiger partial charge in [-0.1, -0.05) is 6.92 Å². The van der Waals surface area contributed by atoms with E-state index >= 15 is 0 Å². The van der Waals surface area contributed by atoms with Crippen molar-refractivity contribution in [3.8, 4) is 0 Å². The zero-order valence-electron chi connectivity index (χ0n) is 6.88. The molecule has 1 N–H and O–H groups in total. The van der Waals surface area contributed by atoms with Gasteiger partial charge < -0.3 is 9.97 Å². The van der Waals surface area contributed by atoms with Gasteiger partial charge in [-0.3, -0.25) is 4.79 Å². The molecule has 0 aromatic carbocycles. The van der Waals surface area contributed by atoms with Gasteiger partial charge in [0.15, 0.2) is 0 Å². The molecule has 1 fully saturated rings. The highest BCUT2D eigenvalue weighted by Gasteiger charge is 2.20. The van der Waals surface area contributed by atoms with Crippen molar-refractivity contribution in [1.82, 2.24) is 5.32 Å². The summed E-state index contributed by atoms with van der Waals surface area (Å²) in [6, 6.07) is 0. The molecule has 0 saturated carbocycles. The van der Waals surface area contributed by atoms with Gasteiger partial charge in [0.05, 0.1) is 0 Å². The third-order valence-electron chi connectivity index (χ3n) is 2.13. The number of rotatable bonds is 3. The monoisotopic (exact) mass is 155 g/mol. The van der Waals surface area contributed by atoms with Crippen LogP contribution >= 0.6 is 0 Å². The summed E-state index contributed by atoms with van der Waals surface area (Å²) in [4.78, 5) is 10.1. The third-order valence-corrected chi connectivity index (χ3v) is 2.13. The van der Waals surface area contributed by atoms with Crippen LogP contribution in [-0.4, -0.2) is 25.9 Å². The zero-order valence-corrected chi connectivity index (χ0v) is 6.88. The van der Waals surface area contributed by atoms with E-state index in [1.165, 1.54) is 0 Å². The van der Waals surface area contributed by atoms with Gasteiger partial charge in [0.1, 0.15) is 0 Å². The summed E-state index contributed by atoms with van der Waals surface area (Å²) in [5.41, 5.74) is 0. The van der Waals surface area contributed by atoms with Crippen LogP contribution < -0.4 is 5.32 Å². The minimum Gasteiger partial charge on any atom is -0.435 e. The van der Waals surface area contributed by atoms with Crippen LogP contribution in [0.15, 0.2) is 0 Å². The van der Waals surface area contributed by atoms with Gasteiger partial charge in [-0.2, -0.15) is 0 Å². The van der Waals surface area contributed by atoms with Gasteiger partial charge in [0.2, 0.25) is 6.41 Å². The topological polar surface area (TPSA) is 38.3 Å². The molecular weight excluding hydrogens is 141 g/mol. The number of hydrogen-bond donors (Lipinski definition) is 1. The maximum absolute atomic E-state index is 10.1. The highest BCUT2D eigenvalue weighted by atomic mass is 16.4. The summed E-state index contributed by atoms with van der Waals surface area (Å²) in [6.07, 6.45) is 4.37. The van der Waals surface area contributed by atoms with Crippen LogP contribution in [0.4, 0.5) is 0 Å². The Morgan fingerprint density at radius 1 is 1.73 bits per heavy atom. The van der Waals surface area contributed by atoms with Crippen molar-refractivity contribution in [2.45, 2.75) is 38.2 Å². The lowest BCUT2D eigenvalue weighted by molar-refractivity contribution is -0.110. The molecule has 1 aliphatic rings. The molecule has 2 atom stereocenters. The van der Waals surface area contributed by atoms with Gasteiger partial charge >= 0.3 is 0 Å². The van der Waals surface area contributed by atoms with E-state index in [4.69, 9.17) is 4.65 Å². The zero-order chi connectivity index (χ0) is 8.10. The van der Waals surface area contributed by atoms with Crippen LogP contribution in [0.3, 0.4) is 0 Å². The normalized spacial score (nSPS) is 30.6. The Morgan fingerprint density at radius 3 is 3.00 bits per heavy atom. The molecule has 0 radical (unpaired) electrons.